The van der Waals surface area contributed by atoms with Crippen LogP contribution in [0.1, 0.15) is 26.2 Å². The van der Waals surface area contributed by atoms with Crippen LogP contribution in [-0.2, 0) is 11.3 Å². The van der Waals surface area contributed by atoms with Crippen LogP contribution in [-0.4, -0.2) is 36.2 Å². The van der Waals surface area contributed by atoms with E-state index in [0.717, 1.165) is 29.6 Å². The van der Waals surface area contributed by atoms with Crippen molar-refractivity contribution in [3.63, 3.8) is 0 Å². The molecular formula is C24H30N3O+. The van der Waals surface area contributed by atoms with Crippen LogP contribution in [0.3, 0.4) is 0 Å². The van der Waals surface area contributed by atoms with Gasteiger partial charge in [-0.05, 0) is 24.1 Å². The number of rotatable bonds is 6. The van der Waals surface area contributed by atoms with E-state index in [-0.39, 0.29) is 5.91 Å². The molecule has 146 valence electrons. The number of fused-ring (bicyclic) bond motifs is 1. The highest BCUT2D eigenvalue weighted by atomic mass is 16.2. The summed E-state index contributed by atoms with van der Waals surface area (Å²) in [6.07, 6.45) is 3.40. The smallest absolute Gasteiger partial charge is 0.240 e. The van der Waals surface area contributed by atoms with Crippen molar-refractivity contribution in [1.29, 1.82) is 0 Å². The molecule has 0 atom stereocenters. The van der Waals surface area contributed by atoms with Crippen molar-refractivity contribution in [3.05, 3.63) is 60.7 Å². The van der Waals surface area contributed by atoms with E-state index >= 15 is 0 Å². The summed E-state index contributed by atoms with van der Waals surface area (Å²) in [6.45, 7) is 6.18. The predicted octanol–water partition coefficient (Wildman–Crippen LogP) is 2.88. The molecular weight excluding hydrogens is 346 g/mol. The normalized spacial score (nSPS) is 19.6. The molecule has 0 aliphatic carbocycles. The van der Waals surface area contributed by atoms with Gasteiger partial charge in [-0.3, -0.25) is 4.79 Å². The van der Waals surface area contributed by atoms with Crippen molar-refractivity contribution < 1.29 is 9.69 Å². The van der Waals surface area contributed by atoms with Crippen molar-refractivity contribution in [1.82, 2.24) is 9.88 Å². The number of aromatic nitrogens is 1. The van der Waals surface area contributed by atoms with Gasteiger partial charge < -0.3 is 14.8 Å². The fourth-order valence-corrected chi connectivity index (χ4v) is 4.42. The molecule has 3 aromatic rings. The molecule has 0 radical (unpaired) electrons. The van der Waals surface area contributed by atoms with Crippen LogP contribution in [0.25, 0.3) is 22.2 Å². The first-order valence-corrected chi connectivity index (χ1v) is 10.5. The van der Waals surface area contributed by atoms with Gasteiger partial charge in [0.15, 0.2) is 0 Å². The average Bonchev–Trinajstić information content (AvgIpc) is 3.09. The molecule has 2 N–H and O–H groups in total. The summed E-state index contributed by atoms with van der Waals surface area (Å²) < 4.78 is 2.15. The summed E-state index contributed by atoms with van der Waals surface area (Å²) in [5.74, 6) is 0.113. The number of carbonyl (C=O) groups excluding carboxylic acids is 1. The Kier molecular flexibility index (Phi) is 5.77. The van der Waals surface area contributed by atoms with Gasteiger partial charge in [0, 0.05) is 35.5 Å². The van der Waals surface area contributed by atoms with E-state index in [0.29, 0.717) is 12.6 Å². The van der Waals surface area contributed by atoms with Gasteiger partial charge in [-0.25, -0.2) is 0 Å². The van der Waals surface area contributed by atoms with Gasteiger partial charge in [0.2, 0.25) is 5.91 Å². The van der Waals surface area contributed by atoms with Gasteiger partial charge in [-0.1, -0.05) is 55.5 Å². The number of quaternary nitrogens is 1. The van der Waals surface area contributed by atoms with Crippen LogP contribution in [0, 0.1) is 0 Å². The second kappa shape index (κ2) is 8.61. The summed E-state index contributed by atoms with van der Waals surface area (Å²) in [5, 5.41) is 4.46. The Hall–Kier alpha value is -2.59. The minimum atomic E-state index is 0.113. The molecule has 4 rings (SSSR count). The molecule has 1 aromatic heterocycles. The Morgan fingerprint density at radius 1 is 1.07 bits per heavy atom. The lowest BCUT2D eigenvalue weighted by Gasteiger charge is -2.29. The number of nitrogens with one attached hydrogen (secondary N) is 2. The maximum absolute atomic E-state index is 12.9. The topological polar surface area (TPSA) is 38.5 Å². The summed E-state index contributed by atoms with van der Waals surface area (Å²) in [5.41, 5.74) is 3.35. The SMILES string of the molecule is CCC[NH+]1CCC(NC(=O)Cn2c(-c3ccccc3)cc3ccccc32)CC1. The highest BCUT2D eigenvalue weighted by Crippen LogP contribution is 2.28. The van der Waals surface area contributed by atoms with Crippen LogP contribution >= 0.6 is 0 Å². The molecule has 4 heteroatoms. The van der Waals surface area contributed by atoms with E-state index in [1.807, 2.05) is 30.3 Å². The van der Waals surface area contributed by atoms with E-state index in [2.05, 4.69) is 47.1 Å². The molecule has 1 aliphatic heterocycles. The second-order valence-corrected chi connectivity index (χ2v) is 7.88. The van der Waals surface area contributed by atoms with Crippen molar-refractivity contribution in [3.8, 4) is 11.3 Å². The molecule has 0 spiro atoms. The number of benzene rings is 2. The molecule has 1 aliphatic rings. The first-order chi connectivity index (χ1) is 13.7. The number of carbonyl (C=O) groups is 1. The van der Waals surface area contributed by atoms with Crippen molar-refractivity contribution in [2.24, 2.45) is 0 Å². The summed E-state index contributed by atoms with van der Waals surface area (Å²) >= 11 is 0. The molecule has 0 unspecified atom stereocenters. The fourth-order valence-electron chi connectivity index (χ4n) is 4.42. The van der Waals surface area contributed by atoms with Crippen LogP contribution in [0.2, 0.25) is 0 Å². The third kappa shape index (κ3) is 4.12. The van der Waals surface area contributed by atoms with Gasteiger partial charge in [0.1, 0.15) is 6.54 Å². The van der Waals surface area contributed by atoms with Crippen molar-refractivity contribution in [2.75, 3.05) is 19.6 Å². The van der Waals surface area contributed by atoms with Gasteiger partial charge in [0.25, 0.3) is 0 Å². The van der Waals surface area contributed by atoms with Gasteiger partial charge in [-0.2, -0.15) is 0 Å². The van der Waals surface area contributed by atoms with Crippen LogP contribution in [0.15, 0.2) is 60.7 Å². The highest BCUT2D eigenvalue weighted by molar-refractivity contribution is 5.89. The first kappa shape index (κ1) is 18.8. The minimum absolute atomic E-state index is 0.113. The molecule has 1 fully saturated rings. The van der Waals surface area contributed by atoms with E-state index in [9.17, 15) is 4.79 Å². The van der Waals surface area contributed by atoms with Gasteiger partial charge in [-0.15, -0.1) is 0 Å². The molecule has 1 saturated heterocycles. The average molecular weight is 377 g/mol. The maximum Gasteiger partial charge on any atom is 0.240 e. The lowest BCUT2D eigenvalue weighted by Crippen LogP contribution is -3.13. The van der Waals surface area contributed by atoms with E-state index in [1.165, 1.54) is 31.4 Å². The lowest BCUT2D eigenvalue weighted by atomic mass is 10.0. The number of piperidine rings is 1. The van der Waals surface area contributed by atoms with Crippen LogP contribution < -0.4 is 10.2 Å². The second-order valence-electron chi connectivity index (χ2n) is 7.88. The Bertz CT molecular complexity index is 923. The molecule has 0 saturated carbocycles. The third-order valence-corrected chi connectivity index (χ3v) is 5.84. The summed E-state index contributed by atoms with van der Waals surface area (Å²) in [4.78, 5) is 14.6. The number of amides is 1. The molecule has 1 amide bonds. The fraction of sp³-hybridized carbons (Fsp3) is 0.375. The minimum Gasteiger partial charge on any atom is -0.351 e. The number of hydrogen-bond donors (Lipinski definition) is 2. The quantitative estimate of drug-likeness (QED) is 0.682. The maximum atomic E-state index is 12.9. The summed E-state index contributed by atoms with van der Waals surface area (Å²) in [7, 11) is 0. The van der Waals surface area contributed by atoms with E-state index in [1.54, 1.807) is 4.90 Å². The zero-order valence-corrected chi connectivity index (χ0v) is 16.7. The molecule has 2 heterocycles. The lowest BCUT2D eigenvalue weighted by molar-refractivity contribution is -0.905. The number of likely N-dealkylation sites (tertiary alicyclic amines) is 1. The van der Waals surface area contributed by atoms with Crippen molar-refractivity contribution in [2.45, 2.75) is 38.8 Å². The predicted molar refractivity (Wildman–Crippen MR) is 114 cm³/mol. The van der Waals surface area contributed by atoms with E-state index < -0.39 is 0 Å². The molecule has 28 heavy (non-hydrogen) atoms. The Morgan fingerprint density at radius 3 is 2.54 bits per heavy atom. The zero-order chi connectivity index (χ0) is 19.3. The Balaban J connectivity index is 1.50. The monoisotopic (exact) mass is 376 g/mol. The first-order valence-electron chi connectivity index (χ1n) is 10.5. The number of hydrogen-bond acceptors (Lipinski definition) is 1. The summed E-state index contributed by atoms with van der Waals surface area (Å²) in [6, 6.07) is 21.1. The molecule has 2 aromatic carbocycles. The third-order valence-electron chi connectivity index (χ3n) is 5.84. The number of para-hydroxylation sites is 1. The Labute approximate surface area is 167 Å². The zero-order valence-electron chi connectivity index (χ0n) is 16.7. The number of nitrogens with zero attached hydrogens (tertiary/aromatic N) is 1. The highest BCUT2D eigenvalue weighted by Gasteiger charge is 2.23. The van der Waals surface area contributed by atoms with Gasteiger partial charge >= 0.3 is 0 Å². The molecule has 4 nitrogen and oxygen atoms in total. The van der Waals surface area contributed by atoms with Crippen molar-refractivity contribution >= 4 is 16.8 Å². The van der Waals surface area contributed by atoms with E-state index in [4.69, 9.17) is 0 Å². The van der Waals surface area contributed by atoms with Gasteiger partial charge in [0.05, 0.1) is 19.6 Å². The standard InChI is InChI=1S/C24H29N3O/c1-2-14-26-15-12-21(13-16-26)25-24(28)18-27-22-11-7-6-10-20(22)17-23(27)19-8-4-3-5-9-19/h3-11,17,21H,2,12-16,18H2,1H3,(H,25,28)/p+1. The largest absolute Gasteiger partial charge is 0.351 e. The Morgan fingerprint density at radius 2 is 1.79 bits per heavy atom. The van der Waals surface area contributed by atoms with Crippen LogP contribution in [0.5, 0.6) is 0 Å². The molecule has 0 bridgehead atoms. The van der Waals surface area contributed by atoms with Crippen LogP contribution in [0.4, 0.5) is 0 Å².